The molecular weight excluding hydrogens is 276 g/mol. The van der Waals surface area contributed by atoms with Gasteiger partial charge in [-0.1, -0.05) is 0 Å². The molecule has 1 aromatic rings. The summed E-state index contributed by atoms with van der Waals surface area (Å²) in [5, 5.41) is 10.8. The van der Waals surface area contributed by atoms with Crippen molar-refractivity contribution >= 4 is 17.3 Å². The lowest BCUT2D eigenvalue weighted by Crippen LogP contribution is -2.40. The Kier molecular flexibility index (Phi) is 4.71. The molecule has 0 spiro atoms. The van der Waals surface area contributed by atoms with E-state index in [0.717, 1.165) is 12.8 Å². The van der Waals surface area contributed by atoms with Crippen LogP contribution < -0.4 is 11.3 Å². The Morgan fingerprint density at radius 1 is 1.48 bits per heavy atom. The first kappa shape index (κ1) is 15.2. The second-order valence-corrected chi connectivity index (χ2v) is 4.89. The summed E-state index contributed by atoms with van der Waals surface area (Å²) in [6, 6.07) is 4.24. The van der Waals surface area contributed by atoms with Gasteiger partial charge < -0.3 is 15.1 Å². The van der Waals surface area contributed by atoms with Gasteiger partial charge >= 0.3 is 0 Å². The fourth-order valence-electron chi connectivity index (χ4n) is 2.39. The number of carbonyl (C=O) groups excluding carboxylic acids is 1. The Hall–Kier alpha value is -2.19. The Morgan fingerprint density at radius 3 is 2.71 bits per heavy atom. The van der Waals surface area contributed by atoms with E-state index in [4.69, 9.17) is 10.6 Å². The van der Waals surface area contributed by atoms with E-state index < -0.39 is 4.92 Å². The van der Waals surface area contributed by atoms with Crippen molar-refractivity contribution in [1.29, 1.82) is 0 Å². The lowest BCUT2D eigenvalue weighted by Gasteiger charge is -2.31. The normalized spacial score (nSPS) is 15.5. The molecule has 0 atom stereocenters. The number of nitrogens with one attached hydrogen (secondary N) is 1. The summed E-state index contributed by atoms with van der Waals surface area (Å²) >= 11 is 0. The van der Waals surface area contributed by atoms with Crippen LogP contribution in [0.5, 0.6) is 0 Å². The van der Waals surface area contributed by atoms with E-state index in [1.165, 1.54) is 18.2 Å². The highest BCUT2D eigenvalue weighted by atomic mass is 16.6. The summed E-state index contributed by atoms with van der Waals surface area (Å²) in [7, 11) is 1.73. The van der Waals surface area contributed by atoms with E-state index in [1.54, 1.807) is 11.9 Å². The monoisotopic (exact) mass is 294 g/mol. The van der Waals surface area contributed by atoms with Gasteiger partial charge in [0.15, 0.2) is 0 Å². The van der Waals surface area contributed by atoms with Gasteiger partial charge in [-0.15, -0.1) is 0 Å². The molecule has 8 heteroatoms. The van der Waals surface area contributed by atoms with Crippen LogP contribution in [0.1, 0.15) is 23.2 Å². The molecule has 0 unspecified atom stereocenters. The number of nitro groups is 1. The van der Waals surface area contributed by atoms with Crippen molar-refractivity contribution in [3.8, 4) is 0 Å². The molecule has 1 aliphatic rings. The topological polar surface area (TPSA) is 111 Å². The quantitative estimate of drug-likeness (QED) is 0.489. The van der Waals surface area contributed by atoms with Crippen LogP contribution >= 0.6 is 0 Å². The highest BCUT2D eigenvalue weighted by molar-refractivity contribution is 5.96. The molecular formula is C13H18N4O4. The standard InChI is InChI=1S/C13H18N4O4/c1-16(10-4-6-21-7-5-10)13(18)9-2-3-12(17(19)20)11(8-9)15-14/h2-3,8,10,15H,4-7,14H2,1H3. The van der Waals surface area contributed by atoms with E-state index >= 15 is 0 Å². The van der Waals surface area contributed by atoms with Gasteiger partial charge in [-0.05, 0) is 25.0 Å². The first-order valence-electron chi connectivity index (χ1n) is 6.64. The van der Waals surface area contributed by atoms with E-state index in [1.807, 2.05) is 0 Å². The zero-order valence-corrected chi connectivity index (χ0v) is 11.7. The summed E-state index contributed by atoms with van der Waals surface area (Å²) in [4.78, 5) is 24.4. The maximum Gasteiger partial charge on any atom is 0.293 e. The molecule has 0 bridgehead atoms. The predicted molar refractivity (Wildman–Crippen MR) is 76.8 cm³/mol. The minimum atomic E-state index is -0.550. The SMILES string of the molecule is CN(C(=O)c1ccc([N+](=O)[O-])c(NN)c1)C1CCOCC1. The lowest BCUT2D eigenvalue weighted by atomic mass is 10.1. The number of nitrogens with two attached hydrogens (primary N) is 1. The van der Waals surface area contributed by atoms with Crippen molar-refractivity contribution in [2.24, 2.45) is 5.84 Å². The minimum Gasteiger partial charge on any atom is -0.381 e. The van der Waals surface area contributed by atoms with Gasteiger partial charge in [0.1, 0.15) is 5.69 Å². The van der Waals surface area contributed by atoms with Gasteiger partial charge in [-0.25, -0.2) is 0 Å². The number of carbonyl (C=O) groups is 1. The summed E-state index contributed by atoms with van der Waals surface area (Å²) < 4.78 is 5.27. The van der Waals surface area contributed by atoms with Crippen LogP contribution in [-0.2, 0) is 4.74 Å². The van der Waals surface area contributed by atoms with Crippen LogP contribution in [0.25, 0.3) is 0 Å². The van der Waals surface area contributed by atoms with Crippen LogP contribution in [0.15, 0.2) is 18.2 Å². The molecule has 1 saturated heterocycles. The molecule has 2 rings (SSSR count). The van der Waals surface area contributed by atoms with Gasteiger partial charge in [-0.2, -0.15) is 0 Å². The first-order valence-corrected chi connectivity index (χ1v) is 6.64. The summed E-state index contributed by atoms with van der Waals surface area (Å²) in [6.45, 7) is 1.27. The van der Waals surface area contributed by atoms with Crippen LogP contribution in [0, 0.1) is 10.1 Å². The third kappa shape index (κ3) is 3.29. The largest absolute Gasteiger partial charge is 0.381 e. The van der Waals surface area contributed by atoms with Crippen LogP contribution in [0.4, 0.5) is 11.4 Å². The lowest BCUT2D eigenvalue weighted by molar-refractivity contribution is -0.384. The zero-order chi connectivity index (χ0) is 15.4. The molecule has 8 nitrogen and oxygen atoms in total. The van der Waals surface area contributed by atoms with Crippen molar-refractivity contribution in [1.82, 2.24) is 4.90 Å². The number of rotatable bonds is 4. The van der Waals surface area contributed by atoms with Crippen LogP contribution in [0.2, 0.25) is 0 Å². The molecule has 3 N–H and O–H groups in total. The summed E-state index contributed by atoms with van der Waals surface area (Å²) in [6.07, 6.45) is 1.58. The molecule has 1 aliphatic heterocycles. The number of benzene rings is 1. The van der Waals surface area contributed by atoms with Crippen molar-refractivity contribution in [3.63, 3.8) is 0 Å². The molecule has 1 amide bonds. The van der Waals surface area contributed by atoms with Crippen molar-refractivity contribution < 1.29 is 14.5 Å². The Labute approximate surface area is 122 Å². The number of ether oxygens (including phenoxy) is 1. The number of nitro benzene ring substituents is 1. The highest BCUT2D eigenvalue weighted by Gasteiger charge is 2.24. The molecule has 1 heterocycles. The molecule has 1 aromatic carbocycles. The average Bonchev–Trinajstić information content (AvgIpc) is 2.53. The van der Waals surface area contributed by atoms with E-state index in [9.17, 15) is 14.9 Å². The highest BCUT2D eigenvalue weighted by Crippen LogP contribution is 2.25. The smallest absolute Gasteiger partial charge is 0.293 e. The minimum absolute atomic E-state index is 0.117. The zero-order valence-electron chi connectivity index (χ0n) is 11.7. The fraction of sp³-hybridized carbons (Fsp3) is 0.462. The second-order valence-electron chi connectivity index (χ2n) is 4.89. The molecule has 0 aliphatic carbocycles. The third-order valence-electron chi connectivity index (χ3n) is 3.65. The first-order chi connectivity index (χ1) is 10.0. The molecule has 0 aromatic heterocycles. The van der Waals surface area contributed by atoms with Crippen molar-refractivity contribution in [2.75, 3.05) is 25.7 Å². The predicted octanol–water partition coefficient (Wildman–Crippen LogP) is 1.13. The second kappa shape index (κ2) is 6.51. The Bertz CT molecular complexity index is 543. The van der Waals surface area contributed by atoms with Gasteiger partial charge in [-0.3, -0.25) is 20.8 Å². The number of nitrogens with zero attached hydrogens (tertiary/aromatic N) is 2. The number of hydrazine groups is 1. The molecule has 0 radical (unpaired) electrons. The van der Waals surface area contributed by atoms with Crippen LogP contribution in [0.3, 0.4) is 0 Å². The molecule has 114 valence electrons. The number of hydrogen-bond donors (Lipinski definition) is 2. The average molecular weight is 294 g/mol. The number of nitrogen functional groups attached to an aromatic ring is 1. The maximum atomic E-state index is 12.4. The number of hydrogen-bond acceptors (Lipinski definition) is 6. The van der Waals surface area contributed by atoms with Gasteiger partial charge in [0.25, 0.3) is 11.6 Å². The maximum absolute atomic E-state index is 12.4. The number of amides is 1. The summed E-state index contributed by atoms with van der Waals surface area (Å²) in [5.74, 6) is 5.09. The van der Waals surface area contributed by atoms with Gasteiger partial charge in [0, 0.05) is 37.9 Å². The molecule has 1 fully saturated rings. The van der Waals surface area contributed by atoms with Gasteiger partial charge in [0.2, 0.25) is 0 Å². The Balaban J connectivity index is 2.20. The number of anilines is 1. The van der Waals surface area contributed by atoms with E-state index in [-0.39, 0.29) is 23.3 Å². The third-order valence-corrected chi connectivity index (χ3v) is 3.65. The molecule has 21 heavy (non-hydrogen) atoms. The van der Waals surface area contributed by atoms with Crippen molar-refractivity contribution in [2.45, 2.75) is 18.9 Å². The fourth-order valence-corrected chi connectivity index (χ4v) is 2.39. The summed E-state index contributed by atoms with van der Waals surface area (Å²) in [5.41, 5.74) is 2.57. The molecule has 0 saturated carbocycles. The van der Waals surface area contributed by atoms with Gasteiger partial charge in [0.05, 0.1) is 4.92 Å². The van der Waals surface area contributed by atoms with E-state index in [0.29, 0.717) is 18.8 Å². The van der Waals surface area contributed by atoms with E-state index in [2.05, 4.69) is 5.43 Å². The Morgan fingerprint density at radius 2 is 2.14 bits per heavy atom. The van der Waals surface area contributed by atoms with Crippen LogP contribution in [-0.4, -0.2) is 42.0 Å². The van der Waals surface area contributed by atoms with Crippen molar-refractivity contribution in [3.05, 3.63) is 33.9 Å².